The van der Waals surface area contributed by atoms with E-state index in [1.54, 1.807) is 6.92 Å². The second-order valence-corrected chi connectivity index (χ2v) is 4.34. The van der Waals surface area contributed by atoms with Gasteiger partial charge in [-0.3, -0.25) is 10.1 Å². The molecule has 1 aromatic carbocycles. The summed E-state index contributed by atoms with van der Waals surface area (Å²) < 4.78 is 0. The molecule has 0 saturated heterocycles. The molecule has 0 aromatic heterocycles. The monoisotopic (exact) mass is 224 g/mol. The van der Waals surface area contributed by atoms with Crippen molar-refractivity contribution in [1.82, 2.24) is 5.32 Å². The number of urea groups is 1. The van der Waals surface area contributed by atoms with Crippen molar-refractivity contribution < 1.29 is 9.59 Å². The third-order valence-corrected chi connectivity index (χ3v) is 2.78. The number of nitrogens with one attached hydrogen (secondary N) is 1. The molecule has 1 aromatic rings. The van der Waals surface area contributed by atoms with Crippen LogP contribution in [0.3, 0.4) is 0 Å². The number of carbonyl (C=O) groups excluding carboxylic acids is 2. The Morgan fingerprint density at radius 2 is 1.93 bits per heavy atom. The number of primary amides is 1. The molecule has 3 N–H and O–H groups in total. The molecule has 80 valence electrons. The van der Waals surface area contributed by atoms with Crippen LogP contribution in [0.4, 0.5) is 4.79 Å². The molecule has 0 heterocycles. The predicted octanol–water partition coefficient (Wildman–Crippen LogP) is 1.36. The van der Waals surface area contributed by atoms with Gasteiger partial charge in [0.25, 0.3) is 0 Å². The molecule has 0 bridgehead atoms. The Balaban J connectivity index is 2.52. The predicted molar refractivity (Wildman–Crippen MR) is 59.5 cm³/mol. The van der Waals surface area contributed by atoms with E-state index >= 15 is 0 Å². The smallest absolute Gasteiger partial charge is 0.318 e. The average molecular weight is 224 g/mol. The third kappa shape index (κ3) is 4.03. The highest BCUT2D eigenvalue weighted by Crippen LogP contribution is 2.22. The Morgan fingerprint density at radius 3 is 2.47 bits per heavy atom. The van der Waals surface area contributed by atoms with Gasteiger partial charge in [0.2, 0.25) is 5.91 Å². The summed E-state index contributed by atoms with van der Waals surface area (Å²) in [6.07, 6.45) is 0. The molecule has 15 heavy (non-hydrogen) atoms. The highest BCUT2D eigenvalue weighted by atomic mass is 32.2. The molecule has 0 saturated carbocycles. The lowest BCUT2D eigenvalue weighted by molar-refractivity contribution is -0.119. The molecule has 1 atom stereocenters. The van der Waals surface area contributed by atoms with Gasteiger partial charge in [0.1, 0.15) is 0 Å². The summed E-state index contributed by atoms with van der Waals surface area (Å²) >= 11 is 1.37. The summed E-state index contributed by atoms with van der Waals surface area (Å²) in [5, 5.41) is 1.69. The van der Waals surface area contributed by atoms with Crippen molar-refractivity contribution in [2.75, 3.05) is 0 Å². The second kappa shape index (κ2) is 5.41. The number of amides is 3. The minimum atomic E-state index is -0.819. The van der Waals surface area contributed by atoms with E-state index in [-0.39, 0.29) is 11.2 Å². The van der Waals surface area contributed by atoms with E-state index in [1.165, 1.54) is 11.8 Å². The lowest BCUT2D eigenvalue weighted by atomic mass is 10.4. The minimum Gasteiger partial charge on any atom is -0.351 e. The number of rotatable bonds is 3. The van der Waals surface area contributed by atoms with Gasteiger partial charge >= 0.3 is 6.03 Å². The zero-order chi connectivity index (χ0) is 11.3. The van der Waals surface area contributed by atoms with Crippen molar-refractivity contribution in [3.05, 3.63) is 30.3 Å². The van der Waals surface area contributed by atoms with Crippen molar-refractivity contribution in [1.29, 1.82) is 0 Å². The van der Waals surface area contributed by atoms with E-state index < -0.39 is 6.03 Å². The van der Waals surface area contributed by atoms with Crippen LogP contribution in [0, 0.1) is 0 Å². The van der Waals surface area contributed by atoms with Crippen LogP contribution in [-0.2, 0) is 4.79 Å². The van der Waals surface area contributed by atoms with Crippen LogP contribution in [0.2, 0.25) is 0 Å². The maximum atomic E-state index is 11.3. The van der Waals surface area contributed by atoms with E-state index in [9.17, 15) is 9.59 Å². The quantitative estimate of drug-likeness (QED) is 0.761. The van der Waals surface area contributed by atoms with Crippen molar-refractivity contribution in [3.63, 3.8) is 0 Å². The fourth-order valence-corrected chi connectivity index (χ4v) is 1.87. The SMILES string of the molecule is CC(Sc1ccccc1)C(=O)NC(N)=O. The normalized spacial score (nSPS) is 11.8. The summed E-state index contributed by atoms with van der Waals surface area (Å²) in [5.74, 6) is -0.378. The topological polar surface area (TPSA) is 72.2 Å². The summed E-state index contributed by atoms with van der Waals surface area (Å²) in [4.78, 5) is 22.7. The van der Waals surface area contributed by atoms with Gasteiger partial charge < -0.3 is 5.73 Å². The van der Waals surface area contributed by atoms with Crippen molar-refractivity contribution in [2.45, 2.75) is 17.1 Å². The Hall–Kier alpha value is -1.49. The maximum absolute atomic E-state index is 11.3. The van der Waals surface area contributed by atoms with Crippen LogP contribution in [0.15, 0.2) is 35.2 Å². The fourth-order valence-electron chi connectivity index (χ4n) is 0.980. The lowest BCUT2D eigenvalue weighted by Gasteiger charge is -2.09. The summed E-state index contributed by atoms with van der Waals surface area (Å²) in [7, 11) is 0. The van der Waals surface area contributed by atoms with Gasteiger partial charge in [0.15, 0.2) is 0 Å². The molecule has 4 nitrogen and oxygen atoms in total. The van der Waals surface area contributed by atoms with Crippen LogP contribution in [0.25, 0.3) is 0 Å². The van der Waals surface area contributed by atoms with Gasteiger partial charge in [0.05, 0.1) is 5.25 Å². The van der Waals surface area contributed by atoms with Crippen molar-refractivity contribution in [3.8, 4) is 0 Å². The van der Waals surface area contributed by atoms with E-state index in [0.29, 0.717) is 0 Å². The Bertz CT molecular complexity index is 354. The molecule has 1 rings (SSSR count). The third-order valence-electron chi connectivity index (χ3n) is 1.67. The van der Waals surface area contributed by atoms with Crippen LogP contribution in [0.1, 0.15) is 6.92 Å². The standard InChI is InChI=1S/C10H12N2O2S/c1-7(9(13)12-10(11)14)15-8-5-3-2-4-6-8/h2-7H,1H3,(H3,11,12,13,14). The molecule has 0 aliphatic heterocycles. The molecule has 0 fully saturated rings. The number of benzene rings is 1. The van der Waals surface area contributed by atoms with Crippen LogP contribution < -0.4 is 11.1 Å². The fraction of sp³-hybridized carbons (Fsp3) is 0.200. The number of carbonyl (C=O) groups is 2. The van der Waals surface area contributed by atoms with Gasteiger partial charge in [-0.25, -0.2) is 4.79 Å². The van der Waals surface area contributed by atoms with Gasteiger partial charge in [-0.05, 0) is 19.1 Å². The van der Waals surface area contributed by atoms with Crippen LogP contribution >= 0.6 is 11.8 Å². The van der Waals surface area contributed by atoms with Gasteiger partial charge in [0, 0.05) is 4.90 Å². The Morgan fingerprint density at radius 1 is 1.33 bits per heavy atom. The van der Waals surface area contributed by atoms with E-state index in [0.717, 1.165) is 4.90 Å². The molecule has 0 spiro atoms. The Labute approximate surface area is 92.2 Å². The molecule has 3 amide bonds. The summed E-state index contributed by atoms with van der Waals surface area (Å²) in [6, 6.07) is 8.66. The van der Waals surface area contributed by atoms with Gasteiger partial charge in [-0.2, -0.15) is 0 Å². The van der Waals surface area contributed by atoms with E-state index in [2.05, 4.69) is 0 Å². The zero-order valence-electron chi connectivity index (χ0n) is 8.27. The first kappa shape index (κ1) is 11.6. The van der Waals surface area contributed by atoms with Crippen molar-refractivity contribution >= 4 is 23.7 Å². The lowest BCUT2D eigenvalue weighted by Crippen LogP contribution is -2.39. The largest absolute Gasteiger partial charge is 0.351 e. The van der Waals surface area contributed by atoms with Crippen LogP contribution in [-0.4, -0.2) is 17.2 Å². The summed E-state index contributed by atoms with van der Waals surface area (Å²) in [6.45, 7) is 1.72. The second-order valence-electron chi connectivity index (χ2n) is 2.93. The molecular formula is C10H12N2O2S. The number of nitrogens with two attached hydrogens (primary N) is 1. The number of hydrogen-bond donors (Lipinski definition) is 2. The first-order valence-corrected chi connectivity index (χ1v) is 5.29. The van der Waals surface area contributed by atoms with E-state index in [4.69, 9.17) is 5.73 Å². The average Bonchev–Trinajstić information content (AvgIpc) is 2.18. The first-order chi connectivity index (χ1) is 7.09. The Kier molecular flexibility index (Phi) is 4.17. The van der Waals surface area contributed by atoms with Gasteiger partial charge in [-0.1, -0.05) is 18.2 Å². The minimum absolute atomic E-state index is 0.347. The molecule has 1 unspecified atom stereocenters. The molecular weight excluding hydrogens is 212 g/mol. The zero-order valence-corrected chi connectivity index (χ0v) is 9.08. The molecule has 0 radical (unpaired) electrons. The highest BCUT2D eigenvalue weighted by Gasteiger charge is 2.15. The molecule has 0 aliphatic rings. The van der Waals surface area contributed by atoms with Gasteiger partial charge in [-0.15, -0.1) is 11.8 Å². The summed E-state index contributed by atoms with van der Waals surface area (Å²) in [5.41, 5.74) is 4.84. The molecule has 5 heteroatoms. The number of thioether (sulfide) groups is 1. The van der Waals surface area contributed by atoms with Crippen LogP contribution in [0.5, 0.6) is 0 Å². The number of hydrogen-bond acceptors (Lipinski definition) is 3. The first-order valence-electron chi connectivity index (χ1n) is 4.41. The maximum Gasteiger partial charge on any atom is 0.318 e. The van der Waals surface area contributed by atoms with Crippen molar-refractivity contribution in [2.24, 2.45) is 5.73 Å². The number of imide groups is 1. The molecule has 0 aliphatic carbocycles. The van der Waals surface area contributed by atoms with E-state index in [1.807, 2.05) is 35.6 Å². The highest BCUT2D eigenvalue weighted by molar-refractivity contribution is 8.00.